The molecule has 0 atom stereocenters. The fraction of sp³-hybridized carbons (Fsp3) is 0.250. The summed E-state index contributed by atoms with van der Waals surface area (Å²) in [6.45, 7) is 2.00. The van der Waals surface area contributed by atoms with Crippen molar-refractivity contribution in [3.8, 4) is 5.88 Å². The molecule has 0 radical (unpaired) electrons. The van der Waals surface area contributed by atoms with Crippen LogP contribution in [0.25, 0.3) is 10.2 Å². The summed E-state index contributed by atoms with van der Waals surface area (Å²) in [5.41, 5.74) is 1.12. The molecular weight excluding hydrogens is 208 g/mol. The van der Waals surface area contributed by atoms with Crippen molar-refractivity contribution in [2.45, 2.75) is 6.92 Å². The van der Waals surface area contributed by atoms with E-state index >= 15 is 0 Å². The van der Waals surface area contributed by atoms with Gasteiger partial charge < -0.3 is 4.74 Å². The van der Waals surface area contributed by atoms with Gasteiger partial charge in [-0.2, -0.15) is 4.98 Å². The Morgan fingerprint density at radius 3 is 2.92 bits per heavy atom. The van der Waals surface area contributed by atoms with Crippen LogP contribution in [-0.2, 0) is 0 Å². The minimum absolute atomic E-state index is 0.228. The Kier molecular flexibility index (Phi) is 2.09. The number of aromatic nitrogens is 2. The Bertz CT molecular complexity index is 455. The molecule has 0 N–H and O–H groups in total. The number of hydrogen-bond donors (Lipinski definition) is 0. The van der Waals surface area contributed by atoms with Gasteiger partial charge >= 0.3 is 0 Å². The predicted molar refractivity (Wildman–Crippen MR) is 53.7 cm³/mol. The topological polar surface area (TPSA) is 35.0 Å². The third-order valence-corrected chi connectivity index (χ3v) is 2.91. The fourth-order valence-electron chi connectivity index (χ4n) is 1.17. The fourth-order valence-corrected chi connectivity index (χ4v) is 2.29. The minimum atomic E-state index is 0.228. The molecule has 2 rings (SSSR count). The highest BCUT2D eigenvalue weighted by molar-refractivity contribution is 7.17. The Morgan fingerprint density at radius 2 is 2.23 bits per heavy atom. The second-order valence-corrected chi connectivity index (χ2v) is 3.80. The predicted octanol–water partition coefficient (Wildman–Crippen LogP) is 2.66. The molecule has 0 saturated heterocycles. The van der Waals surface area contributed by atoms with Gasteiger partial charge in [0.2, 0.25) is 11.2 Å². The number of nitrogens with zero attached hydrogens (tertiary/aromatic N) is 2. The maximum Gasteiger partial charge on any atom is 0.227 e. The van der Waals surface area contributed by atoms with Crippen LogP contribution in [0.4, 0.5) is 0 Å². The zero-order chi connectivity index (χ0) is 9.42. The van der Waals surface area contributed by atoms with E-state index in [1.54, 1.807) is 18.4 Å². The second-order valence-electron chi connectivity index (χ2n) is 2.60. The molecule has 68 valence electrons. The molecule has 0 unspecified atom stereocenters. The second kappa shape index (κ2) is 3.12. The van der Waals surface area contributed by atoms with E-state index in [0.29, 0.717) is 5.88 Å². The van der Waals surface area contributed by atoms with Crippen molar-refractivity contribution in [2.24, 2.45) is 0 Å². The SMILES string of the molecule is COc1nc(Cl)nc2scc(C)c12. The maximum absolute atomic E-state index is 5.72. The van der Waals surface area contributed by atoms with E-state index in [9.17, 15) is 0 Å². The molecule has 3 nitrogen and oxygen atoms in total. The monoisotopic (exact) mass is 214 g/mol. The van der Waals surface area contributed by atoms with Gasteiger partial charge in [0.15, 0.2) is 0 Å². The molecule has 5 heteroatoms. The van der Waals surface area contributed by atoms with E-state index in [-0.39, 0.29) is 5.28 Å². The van der Waals surface area contributed by atoms with Crippen LogP contribution in [0.15, 0.2) is 5.38 Å². The highest BCUT2D eigenvalue weighted by atomic mass is 35.5. The molecule has 0 fully saturated rings. The van der Waals surface area contributed by atoms with Gasteiger partial charge in [0.25, 0.3) is 0 Å². The molecule has 0 aliphatic heterocycles. The van der Waals surface area contributed by atoms with E-state index in [1.807, 2.05) is 12.3 Å². The molecule has 0 amide bonds. The lowest BCUT2D eigenvalue weighted by Gasteiger charge is -2.00. The van der Waals surface area contributed by atoms with Gasteiger partial charge in [-0.15, -0.1) is 11.3 Å². The van der Waals surface area contributed by atoms with Crippen LogP contribution in [0.5, 0.6) is 5.88 Å². The van der Waals surface area contributed by atoms with Crippen LogP contribution < -0.4 is 4.74 Å². The average Bonchev–Trinajstić information content (AvgIpc) is 2.46. The Labute approximate surface area is 84.3 Å². The molecule has 0 saturated carbocycles. The number of fused-ring (bicyclic) bond motifs is 1. The van der Waals surface area contributed by atoms with Gasteiger partial charge in [-0.25, -0.2) is 4.98 Å². The van der Waals surface area contributed by atoms with Gasteiger partial charge in [-0.1, -0.05) is 0 Å². The Hall–Kier alpha value is -0.870. The molecule has 0 bridgehead atoms. The quantitative estimate of drug-likeness (QED) is 0.685. The molecular formula is C8H7ClN2OS. The summed E-state index contributed by atoms with van der Waals surface area (Å²) in [5, 5.41) is 3.20. The summed E-state index contributed by atoms with van der Waals surface area (Å²) in [5.74, 6) is 0.550. The highest BCUT2D eigenvalue weighted by Gasteiger charge is 2.10. The normalized spacial score (nSPS) is 10.7. The summed E-state index contributed by atoms with van der Waals surface area (Å²) in [7, 11) is 1.58. The molecule has 2 aromatic heterocycles. The zero-order valence-electron chi connectivity index (χ0n) is 7.17. The zero-order valence-corrected chi connectivity index (χ0v) is 8.74. The van der Waals surface area contributed by atoms with E-state index in [1.165, 1.54) is 0 Å². The lowest BCUT2D eigenvalue weighted by molar-refractivity contribution is 0.402. The highest BCUT2D eigenvalue weighted by Crippen LogP contribution is 2.31. The first-order valence-corrected chi connectivity index (χ1v) is 4.93. The van der Waals surface area contributed by atoms with E-state index in [4.69, 9.17) is 16.3 Å². The lowest BCUT2D eigenvalue weighted by atomic mass is 10.3. The maximum atomic E-state index is 5.72. The van der Waals surface area contributed by atoms with E-state index in [2.05, 4.69) is 9.97 Å². The van der Waals surface area contributed by atoms with E-state index < -0.39 is 0 Å². The van der Waals surface area contributed by atoms with Gasteiger partial charge in [-0.05, 0) is 29.5 Å². The number of rotatable bonds is 1. The first-order chi connectivity index (χ1) is 6.22. The molecule has 2 aromatic rings. The number of halogens is 1. The van der Waals surface area contributed by atoms with Crippen molar-refractivity contribution in [2.75, 3.05) is 7.11 Å². The number of methoxy groups -OCH3 is 1. The summed E-state index contributed by atoms with van der Waals surface area (Å²) < 4.78 is 5.12. The van der Waals surface area contributed by atoms with Gasteiger partial charge in [0.1, 0.15) is 4.83 Å². The first kappa shape index (κ1) is 8.72. The molecule has 13 heavy (non-hydrogen) atoms. The Morgan fingerprint density at radius 1 is 1.46 bits per heavy atom. The van der Waals surface area contributed by atoms with Crippen molar-refractivity contribution in [3.63, 3.8) is 0 Å². The number of aryl methyl sites for hydroxylation is 1. The smallest absolute Gasteiger partial charge is 0.227 e. The molecule has 0 aliphatic rings. The van der Waals surface area contributed by atoms with Crippen molar-refractivity contribution in [1.29, 1.82) is 0 Å². The van der Waals surface area contributed by atoms with Crippen molar-refractivity contribution >= 4 is 33.2 Å². The minimum Gasteiger partial charge on any atom is -0.480 e. The first-order valence-electron chi connectivity index (χ1n) is 3.67. The van der Waals surface area contributed by atoms with E-state index in [0.717, 1.165) is 15.8 Å². The van der Waals surface area contributed by atoms with Crippen molar-refractivity contribution in [1.82, 2.24) is 9.97 Å². The van der Waals surface area contributed by atoms with Gasteiger partial charge in [0.05, 0.1) is 12.5 Å². The lowest BCUT2D eigenvalue weighted by Crippen LogP contribution is -1.91. The summed E-state index contributed by atoms with van der Waals surface area (Å²) in [6.07, 6.45) is 0. The van der Waals surface area contributed by atoms with Crippen LogP contribution >= 0.6 is 22.9 Å². The molecule has 2 heterocycles. The van der Waals surface area contributed by atoms with Gasteiger partial charge in [-0.3, -0.25) is 0 Å². The third-order valence-electron chi connectivity index (χ3n) is 1.75. The Balaban J connectivity index is 2.85. The van der Waals surface area contributed by atoms with Gasteiger partial charge in [0, 0.05) is 0 Å². The molecule has 0 aliphatic carbocycles. The number of hydrogen-bond acceptors (Lipinski definition) is 4. The summed E-state index contributed by atoms with van der Waals surface area (Å²) >= 11 is 7.26. The molecule has 0 aromatic carbocycles. The van der Waals surface area contributed by atoms with Crippen LogP contribution in [-0.4, -0.2) is 17.1 Å². The number of ether oxygens (including phenoxy) is 1. The van der Waals surface area contributed by atoms with Crippen molar-refractivity contribution < 1.29 is 4.74 Å². The van der Waals surface area contributed by atoms with Crippen LogP contribution in [0, 0.1) is 6.92 Å². The standard InChI is InChI=1S/C8H7ClN2OS/c1-4-3-13-7-5(4)6(12-2)10-8(9)11-7/h3H,1-2H3. The molecule has 0 spiro atoms. The van der Waals surface area contributed by atoms with Crippen LogP contribution in [0.3, 0.4) is 0 Å². The van der Waals surface area contributed by atoms with Crippen molar-refractivity contribution in [3.05, 3.63) is 16.2 Å². The third kappa shape index (κ3) is 1.36. The largest absolute Gasteiger partial charge is 0.480 e. The summed E-state index contributed by atoms with van der Waals surface area (Å²) in [6, 6.07) is 0. The number of thiophene rings is 1. The van der Waals surface area contributed by atoms with Crippen LogP contribution in [0.2, 0.25) is 5.28 Å². The average molecular weight is 215 g/mol. The summed E-state index contributed by atoms with van der Waals surface area (Å²) in [4.78, 5) is 8.96. The van der Waals surface area contributed by atoms with Crippen LogP contribution in [0.1, 0.15) is 5.56 Å².